The van der Waals surface area contributed by atoms with Crippen molar-refractivity contribution in [3.05, 3.63) is 30.1 Å². The van der Waals surface area contributed by atoms with E-state index in [4.69, 9.17) is 9.84 Å². The number of carbonyl (C=O) groups is 2. The second-order valence-corrected chi connectivity index (χ2v) is 5.05. The third-order valence-electron chi connectivity index (χ3n) is 3.52. The standard InChI is InChI=1S/C15H18FNO4/c16-12-4-1-2-5-13(12)21-9-3-6-14(18)17-8-7-11(10-17)15(19)20/h1-2,4-5,11H,3,6-10H2,(H,19,20). The lowest BCUT2D eigenvalue weighted by atomic mass is 10.1. The van der Waals surface area contributed by atoms with Gasteiger partial charge in [-0.05, 0) is 25.0 Å². The van der Waals surface area contributed by atoms with Crippen LogP contribution in [0.3, 0.4) is 0 Å². The average Bonchev–Trinajstić information content (AvgIpc) is 2.95. The fourth-order valence-corrected chi connectivity index (χ4v) is 2.31. The Balaban J connectivity index is 1.68. The molecule has 1 atom stereocenters. The van der Waals surface area contributed by atoms with Crippen molar-refractivity contribution < 1.29 is 23.8 Å². The van der Waals surface area contributed by atoms with Gasteiger partial charge in [0.1, 0.15) is 0 Å². The van der Waals surface area contributed by atoms with Crippen molar-refractivity contribution in [2.45, 2.75) is 19.3 Å². The van der Waals surface area contributed by atoms with Gasteiger partial charge in [0.2, 0.25) is 5.91 Å². The first-order valence-corrected chi connectivity index (χ1v) is 6.96. The van der Waals surface area contributed by atoms with E-state index in [0.717, 1.165) is 0 Å². The van der Waals surface area contributed by atoms with Crippen molar-refractivity contribution in [1.82, 2.24) is 4.90 Å². The molecule has 6 heteroatoms. The predicted octanol–water partition coefficient (Wildman–Crippen LogP) is 1.92. The summed E-state index contributed by atoms with van der Waals surface area (Å²) in [5.74, 6) is -1.63. The van der Waals surface area contributed by atoms with Crippen molar-refractivity contribution >= 4 is 11.9 Å². The number of rotatable bonds is 6. The number of halogens is 1. The van der Waals surface area contributed by atoms with Gasteiger partial charge in [-0.15, -0.1) is 0 Å². The lowest BCUT2D eigenvalue weighted by Gasteiger charge is -2.15. The van der Waals surface area contributed by atoms with Crippen LogP contribution >= 0.6 is 0 Å². The molecule has 1 aromatic rings. The molecule has 1 aromatic carbocycles. The highest BCUT2D eigenvalue weighted by Crippen LogP contribution is 2.18. The number of nitrogens with zero attached hydrogens (tertiary/aromatic N) is 1. The number of likely N-dealkylation sites (tertiary alicyclic amines) is 1. The molecule has 5 nitrogen and oxygen atoms in total. The van der Waals surface area contributed by atoms with Crippen LogP contribution in [0, 0.1) is 11.7 Å². The molecule has 1 amide bonds. The Labute approximate surface area is 122 Å². The number of carboxylic acids is 1. The number of benzene rings is 1. The van der Waals surface area contributed by atoms with Gasteiger partial charge in [-0.1, -0.05) is 12.1 Å². The molecule has 0 radical (unpaired) electrons. The molecule has 0 saturated carbocycles. The van der Waals surface area contributed by atoms with Gasteiger partial charge in [0, 0.05) is 19.5 Å². The van der Waals surface area contributed by atoms with Crippen LogP contribution in [0.1, 0.15) is 19.3 Å². The Morgan fingerprint density at radius 1 is 1.38 bits per heavy atom. The highest BCUT2D eigenvalue weighted by atomic mass is 19.1. The van der Waals surface area contributed by atoms with Crippen LogP contribution in [-0.2, 0) is 9.59 Å². The molecule has 0 bridgehead atoms. The van der Waals surface area contributed by atoms with Crippen molar-refractivity contribution in [2.24, 2.45) is 5.92 Å². The zero-order valence-electron chi connectivity index (χ0n) is 11.6. The molecule has 0 spiro atoms. The number of amides is 1. The van der Waals surface area contributed by atoms with E-state index in [9.17, 15) is 14.0 Å². The topological polar surface area (TPSA) is 66.8 Å². The number of aliphatic carboxylic acids is 1. The minimum atomic E-state index is -0.854. The minimum Gasteiger partial charge on any atom is -0.491 e. The third-order valence-corrected chi connectivity index (χ3v) is 3.52. The number of para-hydroxylation sites is 1. The summed E-state index contributed by atoms with van der Waals surface area (Å²) in [6, 6.07) is 6.11. The average molecular weight is 295 g/mol. The normalized spacial score (nSPS) is 17.8. The van der Waals surface area contributed by atoms with Gasteiger partial charge in [0.25, 0.3) is 0 Å². The highest BCUT2D eigenvalue weighted by molar-refractivity contribution is 5.78. The summed E-state index contributed by atoms with van der Waals surface area (Å²) >= 11 is 0. The molecule has 1 aliphatic rings. The zero-order valence-corrected chi connectivity index (χ0v) is 11.6. The molecule has 0 aliphatic carbocycles. The van der Waals surface area contributed by atoms with Gasteiger partial charge in [0.15, 0.2) is 11.6 Å². The largest absolute Gasteiger partial charge is 0.491 e. The lowest BCUT2D eigenvalue weighted by molar-refractivity contribution is -0.141. The fourth-order valence-electron chi connectivity index (χ4n) is 2.31. The van der Waals surface area contributed by atoms with Crippen molar-refractivity contribution in [3.63, 3.8) is 0 Å². The Hall–Kier alpha value is -2.11. The molecular weight excluding hydrogens is 277 g/mol. The highest BCUT2D eigenvalue weighted by Gasteiger charge is 2.30. The van der Waals surface area contributed by atoms with Crippen molar-refractivity contribution in [1.29, 1.82) is 0 Å². The van der Waals surface area contributed by atoms with E-state index in [0.29, 0.717) is 19.4 Å². The molecule has 1 heterocycles. The molecule has 1 N–H and O–H groups in total. The van der Waals surface area contributed by atoms with Crippen molar-refractivity contribution in [3.8, 4) is 5.75 Å². The van der Waals surface area contributed by atoms with E-state index in [1.54, 1.807) is 17.0 Å². The molecule has 114 valence electrons. The van der Waals surface area contributed by atoms with Gasteiger partial charge in [-0.2, -0.15) is 0 Å². The Kier molecular flexibility index (Phi) is 5.14. The van der Waals surface area contributed by atoms with Crippen LogP contribution in [0.2, 0.25) is 0 Å². The Bertz CT molecular complexity index is 520. The van der Waals surface area contributed by atoms with Crippen LogP contribution in [0.4, 0.5) is 4.39 Å². The van der Waals surface area contributed by atoms with Crippen LogP contribution in [0.25, 0.3) is 0 Å². The van der Waals surface area contributed by atoms with E-state index < -0.39 is 17.7 Å². The molecule has 1 unspecified atom stereocenters. The SMILES string of the molecule is O=C(O)C1CCN(C(=O)CCCOc2ccccc2F)C1. The summed E-state index contributed by atoms with van der Waals surface area (Å²) in [5.41, 5.74) is 0. The van der Waals surface area contributed by atoms with Crippen LogP contribution < -0.4 is 4.74 Å². The quantitative estimate of drug-likeness (QED) is 0.814. The summed E-state index contributed by atoms with van der Waals surface area (Å²) in [5, 5.41) is 8.89. The smallest absolute Gasteiger partial charge is 0.308 e. The predicted molar refractivity (Wildman–Crippen MR) is 73.5 cm³/mol. The Morgan fingerprint density at radius 2 is 2.14 bits per heavy atom. The molecule has 21 heavy (non-hydrogen) atoms. The molecule has 1 aliphatic heterocycles. The molecule has 1 fully saturated rings. The first kappa shape index (κ1) is 15.3. The summed E-state index contributed by atoms with van der Waals surface area (Å²) in [6.07, 6.45) is 1.26. The van der Waals surface area contributed by atoms with Gasteiger partial charge in [-0.25, -0.2) is 4.39 Å². The first-order chi connectivity index (χ1) is 10.1. The van der Waals surface area contributed by atoms with Gasteiger partial charge in [0.05, 0.1) is 12.5 Å². The maximum atomic E-state index is 13.3. The maximum absolute atomic E-state index is 13.3. The summed E-state index contributed by atoms with van der Waals surface area (Å²) in [4.78, 5) is 24.3. The van der Waals surface area contributed by atoms with E-state index in [1.165, 1.54) is 12.1 Å². The molecular formula is C15H18FNO4. The monoisotopic (exact) mass is 295 g/mol. The van der Waals surface area contributed by atoms with Crippen LogP contribution in [-0.4, -0.2) is 41.6 Å². The van der Waals surface area contributed by atoms with E-state index >= 15 is 0 Å². The van der Waals surface area contributed by atoms with E-state index in [2.05, 4.69) is 0 Å². The van der Waals surface area contributed by atoms with Crippen LogP contribution in [0.5, 0.6) is 5.75 Å². The molecule has 2 rings (SSSR count). The van der Waals surface area contributed by atoms with Crippen molar-refractivity contribution in [2.75, 3.05) is 19.7 Å². The summed E-state index contributed by atoms with van der Waals surface area (Å²) < 4.78 is 18.6. The number of carboxylic acid groups (broad SMARTS) is 1. The first-order valence-electron chi connectivity index (χ1n) is 6.96. The second kappa shape index (κ2) is 7.06. The lowest BCUT2D eigenvalue weighted by Crippen LogP contribution is -2.30. The number of ether oxygens (including phenoxy) is 1. The Morgan fingerprint density at radius 3 is 2.81 bits per heavy atom. The minimum absolute atomic E-state index is 0.0733. The maximum Gasteiger partial charge on any atom is 0.308 e. The number of carbonyl (C=O) groups excluding carboxylic acids is 1. The van der Waals surface area contributed by atoms with Gasteiger partial charge < -0.3 is 14.7 Å². The third kappa shape index (κ3) is 4.18. The summed E-state index contributed by atoms with van der Waals surface area (Å²) in [7, 11) is 0. The van der Waals surface area contributed by atoms with Gasteiger partial charge in [-0.3, -0.25) is 9.59 Å². The van der Waals surface area contributed by atoms with E-state index in [-0.39, 0.29) is 31.2 Å². The number of hydrogen-bond acceptors (Lipinski definition) is 3. The van der Waals surface area contributed by atoms with Gasteiger partial charge >= 0.3 is 5.97 Å². The second-order valence-electron chi connectivity index (χ2n) is 5.05. The summed E-state index contributed by atoms with van der Waals surface area (Å²) in [6.45, 7) is 1.02. The molecule has 1 saturated heterocycles. The number of hydrogen-bond donors (Lipinski definition) is 1. The zero-order chi connectivity index (χ0) is 15.2. The molecule has 0 aromatic heterocycles. The fraction of sp³-hybridized carbons (Fsp3) is 0.467. The van der Waals surface area contributed by atoms with Crippen LogP contribution in [0.15, 0.2) is 24.3 Å². The van der Waals surface area contributed by atoms with E-state index in [1.807, 2.05) is 0 Å².